The molecule has 4 nitrogen and oxygen atoms in total. The number of aromatic amines is 1. The van der Waals surface area contributed by atoms with Crippen molar-refractivity contribution in [2.24, 2.45) is 0 Å². The van der Waals surface area contributed by atoms with Gasteiger partial charge < -0.3 is 5.11 Å². The van der Waals surface area contributed by atoms with Crippen LogP contribution in [-0.4, -0.2) is 21.3 Å². The van der Waals surface area contributed by atoms with Gasteiger partial charge >= 0.3 is 12.1 Å². The topological polar surface area (TPSA) is 66.0 Å². The Morgan fingerprint density at radius 1 is 0.903 bits per heavy atom. The lowest BCUT2D eigenvalue weighted by molar-refractivity contribution is -0.137. The summed E-state index contributed by atoms with van der Waals surface area (Å²) >= 11 is 3.34. The van der Waals surface area contributed by atoms with Gasteiger partial charge in [-0.15, -0.1) is 0 Å². The van der Waals surface area contributed by atoms with Gasteiger partial charge in [0.2, 0.25) is 0 Å². The summed E-state index contributed by atoms with van der Waals surface area (Å²) in [7, 11) is 0. The zero-order chi connectivity index (χ0) is 22.2. The lowest BCUT2D eigenvalue weighted by Crippen LogP contribution is -2.07. The maximum absolute atomic E-state index is 13.8. The first-order valence-electron chi connectivity index (χ1n) is 9.11. The normalized spacial score (nSPS) is 11.5. The molecule has 1 heterocycles. The summed E-state index contributed by atoms with van der Waals surface area (Å²) in [5, 5.41) is 16.7. The number of H-pyrrole nitrogens is 1. The number of benzene rings is 3. The molecule has 0 saturated heterocycles. The molecule has 0 amide bonds. The Morgan fingerprint density at radius 3 is 2.16 bits per heavy atom. The van der Waals surface area contributed by atoms with Crippen molar-refractivity contribution >= 4 is 21.9 Å². The van der Waals surface area contributed by atoms with Crippen LogP contribution >= 0.6 is 15.9 Å². The summed E-state index contributed by atoms with van der Waals surface area (Å²) in [6.45, 7) is 0. The zero-order valence-electron chi connectivity index (χ0n) is 15.7. The van der Waals surface area contributed by atoms with E-state index in [4.69, 9.17) is 0 Å². The highest BCUT2D eigenvalue weighted by molar-refractivity contribution is 9.10. The van der Waals surface area contributed by atoms with Gasteiger partial charge in [0.15, 0.2) is 0 Å². The van der Waals surface area contributed by atoms with Gasteiger partial charge in [0.1, 0.15) is 5.69 Å². The van der Waals surface area contributed by atoms with Crippen molar-refractivity contribution in [1.82, 2.24) is 10.2 Å². The van der Waals surface area contributed by atoms with Crippen LogP contribution in [0.1, 0.15) is 15.9 Å². The van der Waals surface area contributed by atoms with Gasteiger partial charge in [-0.2, -0.15) is 18.3 Å². The maximum Gasteiger partial charge on any atom is 0.417 e. The molecule has 0 bridgehead atoms. The number of carboxylic acid groups (broad SMARTS) is 1. The average Bonchev–Trinajstić information content (AvgIpc) is 3.18. The van der Waals surface area contributed by atoms with Crippen molar-refractivity contribution in [2.75, 3.05) is 0 Å². The quantitative estimate of drug-likeness (QED) is 0.330. The summed E-state index contributed by atoms with van der Waals surface area (Å²) in [6.07, 6.45) is -4.60. The Bertz CT molecular complexity index is 1260. The van der Waals surface area contributed by atoms with E-state index in [0.29, 0.717) is 11.3 Å². The molecule has 0 saturated carbocycles. The van der Waals surface area contributed by atoms with Gasteiger partial charge in [-0.25, -0.2) is 4.79 Å². The van der Waals surface area contributed by atoms with Crippen molar-refractivity contribution < 1.29 is 23.1 Å². The summed E-state index contributed by atoms with van der Waals surface area (Å²) < 4.78 is 42.3. The number of aromatic nitrogens is 2. The predicted molar refractivity (Wildman–Crippen MR) is 115 cm³/mol. The smallest absolute Gasteiger partial charge is 0.417 e. The van der Waals surface area contributed by atoms with E-state index in [-0.39, 0.29) is 27.9 Å². The van der Waals surface area contributed by atoms with Crippen LogP contribution in [0, 0.1) is 0 Å². The molecule has 4 aromatic rings. The number of carbonyl (C=O) groups is 1. The number of nitrogens with zero attached hydrogens (tertiary/aromatic N) is 1. The molecule has 0 radical (unpaired) electrons. The lowest BCUT2D eigenvalue weighted by Gasteiger charge is -2.15. The average molecular weight is 487 g/mol. The Hall–Kier alpha value is -3.39. The number of halogens is 4. The standard InChI is InChI=1S/C23H14BrF3N2O2/c24-14-11-9-13(10-12-14)20-19(17-7-3-4-8-18(17)23(25,26)27)21(29-28-20)15-5-1-2-6-16(15)22(30)31/h1-12H,(H,28,29)(H,30,31). The van der Waals surface area contributed by atoms with E-state index in [9.17, 15) is 23.1 Å². The van der Waals surface area contributed by atoms with Gasteiger partial charge in [-0.3, -0.25) is 5.10 Å². The summed E-state index contributed by atoms with van der Waals surface area (Å²) in [4.78, 5) is 11.8. The minimum Gasteiger partial charge on any atom is -0.478 e. The van der Waals surface area contributed by atoms with Gasteiger partial charge in [0, 0.05) is 21.2 Å². The highest BCUT2D eigenvalue weighted by Crippen LogP contribution is 2.44. The van der Waals surface area contributed by atoms with Gasteiger partial charge in [-0.05, 0) is 29.8 Å². The molecule has 156 valence electrons. The highest BCUT2D eigenvalue weighted by atomic mass is 79.9. The van der Waals surface area contributed by atoms with Gasteiger partial charge in [0.25, 0.3) is 0 Å². The molecule has 0 fully saturated rings. The van der Waals surface area contributed by atoms with E-state index in [2.05, 4.69) is 26.1 Å². The number of alkyl halides is 3. The first kappa shape index (κ1) is 20.9. The number of rotatable bonds is 4. The molecule has 0 aliphatic carbocycles. The monoisotopic (exact) mass is 486 g/mol. The molecule has 31 heavy (non-hydrogen) atoms. The van der Waals surface area contributed by atoms with Crippen molar-refractivity contribution in [1.29, 1.82) is 0 Å². The molecular weight excluding hydrogens is 473 g/mol. The molecule has 0 atom stereocenters. The molecular formula is C23H14BrF3N2O2. The van der Waals surface area contributed by atoms with E-state index >= 15 is 0 Å². The second-order valence-corrected chi connectivity index (χ2v) is 7.64. The fourth-order valence-corrected chi connectivity index (χ4v) is 3.72. The fourth-order valence-electron chi connectivity index (χ4n) is 3.45. The lowest BCUT2D eigenvalue weighted by atomic mass is 9.91. The molecule has 2 N–H and O–H groups in total. The van der Waals surface area contributed by atoms with Crippen LogP contribution in [0.15, 0.2) is 77.3 Å². The van der Waals surface area contributed by atoms with Crippen LogP contribution in [-0.2, 0) is 6.18 Å². The Kier molecular flexibility index (Phi) is 5.41. The molecule has 0 spiro atoms. The van der Waals surface area contributed by atoms with E-state index < -0.39 is 17.7 Å². The van der Waals surface area contributed by atoms with Crippen molar-refractivity contribution in [2.45, 2.75) is 6.18 Å². The Morgan fingerprint density at radius 2 is 1.52 bits per heavy atom. The van der Waals surface area contributed by atoms with Crippen molar-refractivity contribution in [3.63, 3.8) is 0 Å². The summed E-state index contributed by atoms with van der Waals surface area (Å²) in [6, 6.07) is 18.3. The van der Waals surface area contributed by atoms with Crippen LogP contribution in [0.4, 0.5) is 13.2 Å². The van der Waals surface area contributed by atoms with E-state index in [1.165, 1.54) is 24.3 Å². The third kappa shape index (κ3) is 3.98. The zero-order valence-corrected chi connectivity index (χ0v) is 17.3. The number of aromatic carboxylic acids is 1. The summed E-state index contributed by atoms with van der Waals surface area (Å²) in [5.41, 5.74) is 0.555. The second-order valence-electron chi connectivity index (χ2n) is 6.72. The maximum atomic E-state index is 13.8. The highest BCUT2D eigenvalue weighted by Gasteiger charge is 2.35. The predicted octanol–water partition coefficient (Wildman–Crippen LogP) is 6.89. The molecule has 1 aromatic heterocycles. The third-order valence-electron chi connectivity index (χ3n) is 4.81. The largest absolute Gasteiger partial charge is 0.478 e. The molecule has 4 rings (SSSR count). The minimum absolute atomic E-state index is 0.0424. The van der Waals surface area contributed by atoms with Gasteiger partial charge in [0.05, 0.1) is 16.8 Å². The van der Waals surface area contributed by atoms with E-state index in [0.717, 1.165) is 10.5 Å². The number of carboxylic acids is 1. The molecule has 0 unspecified atom stereocenters. The van der Waals surface area contributed by atoms with Crippen LogP contribution < -0.4 is 0 Å². The van der Waals surface area contributed by atoms with Crippen LogP contribution in [0.2, 0.25) is 0 Å². The number of hydrogen-bond acceptors (Lipinski definition) is 2. The molecule has 0 aliphatic rings. The van der Waals surface area contributed by atoms with Crippen LogP contribution in [0.3, 0.4) is 0 Å². The van der Waals surface area contributed by atoms with E-state index in [1.807, 2.05) is 0 Å². The SMILES string of the molecule is O=C(O)c1ccccc1-c1[nH]nc(-c2ccc(Br)cc2)c1-c1ccccc1C(F)(F)F. The fraction of sp³-hybridized carbons (Fsp3) is 0.0435. The minimum atomic E-state index is -4.60. The molecule has 0 aliphatic heterocycles. The van der Waals surface area contributed by atoms with Gasteiger partial charge in [-0.1, -0.05) is 64.5 Å². The van der Waals surface area contributed by atoms with Crippen molar-refractivity contribution in [3.05, 3.63) is 88.4 Å². The van der Waals surface area contributed by atoms with Crippen LogP contribution in [0.5, 0.6) is 0 Å². The molecule has 8 heteroatoms. The van der Waals surface area contributed by atoms with Crippen molar-refractivity contribution in [3.8, 4) is 33.6 Å². The second kappa shape index (κ2) is 8.03. The third-order valence-corrected chi connectivity index (χ3v) is 5.34. The van der Waals surface area contributed by atoms with E-state index in [1.54, 1.807) is 42.5 Å². The first-order chi connectivity index (χ1) is 14.8. The Balaban J connectivity index is 2.07. The van der Waals surface area contributed by atoms with Crippen LogP contribution in [0.25, 0.3) is 33.6 Å². The molecule has 3 aromatic carbocycles. The Labute approximate surface area is 183 Å². The summed E-state index contributed by atoms with van der Waals surface area (Å²) in [5.74, 6) is -1.19. The number of nitrogens with one attached hydrogen (secondary N) is 1. The number of hydrogen-bond donors (Lipinski definition) is 2. The first-order valence-corrected chi connectivity index (χ1v) is 9.90.